The number of aliphatic hydroxyl groups excluding tert-OH is 1. The molecule has 0 bridgehead atoms. The molecule has 1 heterocycles. The summed E-state index contributed by atoms with van der Waals surface area (Å²) in [5.74, 6) is 1.45. The number of β-amino-alcohol motifs (C(OH)–C–C–N with tert-alkyl or cyclic N) is 1. The topological polar surface area (TPSA) is 32.7 Å². The first-order valence-electron chi connectivity index (χ1n) is 7.49. The minimum atomic E-state index is -0.200. The first kappa shape index (κ1) is 12.8. The first-order valence-corrected chi connectivity index (χ1v) is 7.49. The maximum atomic E-state index is 10.4. The van der Waals surface area contributed by atoms with E-state index in [4.69, 9.17) is 4.74 Å². The van der Waals surface area contributed by atoms with Crippen molar-refractivity contribution in [3.8, 4) is 5.75 Å². The highest BCUT2D eigenvalue weighted by Gasteiger charge is 2.26. The van der Waals surface area contributed by atoms with E-state index < -0.39 is 0 Å². The van der Waals surface area contributed by atoms with Gasteiger partial charge < -0.3 is 14.7 Å². The first-order chi connectivity index (χ1) is 9.34. The lowest BCUT2D eigenvalue weighted by atomic mass is 10.00. The molecule has 0 spiro atoms. The van der Waals surface area contributed by atoms with Gasteiger partial charge in [0.1, 0.15) is 5.75 Å². The Labute approximate surface area is 115 Å². The molecule has 0 aromatic heterocycles. The predicted octanol–water partition coefficient (Wildman–Crippen LogP) is 2.83. The fourth-order valence-corrected chi connectivity index (χ4v) is 3.31. The summed E-state index contributed by atoms with van der Waals surface area (Å²) in [4.78, 5) is 2.30. The lowest BCUT2D eigenvalue weighted by Crippen LogP contribution is -2.36. The van der Waals surface area contributed by atoms with E-state index in [1.165, 1.54) is 25.7 Å². The van der Waals surface area contributed by atoms with Crippen molar-refractivity contribution in [2.24, 2.45) is 5.92 Å². The van der Waals surface area contributed by atoms with E-state index in [1.807, 2.05) is 18.2 Å². The largest absolute Gasteiger partial charge is 0.491 e. The Morgan fingerprint density at radius 1 is 1.21 bits per heavy atom. The van der Waals surface area contributed by atoms with E-state index in [2.05, 4.69) is 11.0 Å². The van der Waals surface area contributed by atoms with Crippen molar-refractivity contribution in [3.63, 3.8) is 0 Å². The van der Waals surface area contributed by atoms with Gasteiger partial charge in [-0.1, -0.05) is 25.0 Å². The van der Waals surface area contributed by atoms with Gasteiger partial charge in [0, 0.05) is 13.1 Å². The average molecular weight is 261 g/mol. The molecule has 104 valence electrons. The third kappa shape index (κ3) is 2.86. The summed E-state index contributed by atoms with van der Waals surface area (Å²) >= 11 is 0. The minimum absolute atomic E-state index is 0.200. The highest BCUT2D eigenvalue weighted by atomic mass is 16.5. The Bertz CT molecular complexity index is 415. The molecule has 1 aromatic rings. The molecule has 1 N–H and O–H groups in total. The average Bonchev–Trinajstić information content (AvgIpc) is 2.90. The van der Waals surface area contributed by atoms with Crippen LogP contribution >= 0.6 is 0 Å². The molecule has 1 aliphatic heterocycles. The number of fused-ring (bicyclic) bond motifs is 1. The second kappa shape index (κ2) is 5.83. The predicted molar refractivity (Wildman–Crippen MR) is 76.7 cm³/mol. The molecule has 1 aromatic carbocycles. The van der Waals surface area contributed by atoms with Crippen LogP contribution in [0.4, 0.5) is 5.69 Å². The third-order valence-electron chi connectivity index (χ3n) is 4.39. The molecular formula is C16H23NO2. The second-order valence-corrected chi connectivity index (χ2v) is 5.73. The summed E-state index contributed by atoms with van der Waals surface area (Å²) in [7, 11) is 0. The SMILES string of the molecule is OC(CN1CCCOc2ccccc21)C1CCCC1. The number of nitrogens with zero attached hydrogens (tertiary/aromatic N) is 1. The summed E-state index contributed by atoms with van der Waals surface area (Å²) in [6.07, 6.45) is 5.75. The molecule has 3 heteroatoms. The maximum Gasteiger partial charge on any atom is 0.142 e. The summed E-state index contributed by atoms with van der Waals surface area (Å²) in [6, 6.07) is 8.18. The van der Waals surface area contributed by atoms with Crippen molar-refractivity contribution < 1.29 is 9.84 Å². The second-order valence-electron chi connectivity index (χ2n) is 5.73. The molecular weight excluding hydrogens is 238 g/mol. The molecule has 0 radical (unpaired) electrons. The number of aliphatic hydroxyl groups is 1. The smallest absolute Gasteiger partial charge is 0.142 e. The molecule has 1 fully saturated rings. The number of ether oxygens (including phenoxy) is 1. The Balaban J connectivity index is 1.72. The van der Waals surface area contributed by atoms with Crippen molar-refractivity contribution in [1.29, 1.82) is 0 Å². The highest BCUT2D eigenvalue weighted by molar-refractivity contribution is 5.59. The van der Waals surface area contributed by atoms with Gasteiger partial charge in [0.05, 0.1) is 18.4 Å². The number of anilines is 1. The van der Waals surface area contributed by atoms with Gasteiger partial charge >= 0.3 is 0 Å². The highest BCUT2D eigenvalue weighted by Crippen LogP contribution is 2.33. The van der Waals surface area contributed by atoms with Crippen molar-refractivity contribution >= 4 is 5.69 Å². The van der Waals surface area contributed by atoms with E-state index in [0.29, 0.717) is 5.92 Å². The molecule has 0 saturated heterocycles. The summed E-state index contributed by atoms with van der Waals surface area (Å²) in [5.41, 5.74) is 1.14. The summed E-state index contributed by atoms with van der Waals surface area (Å²) in [5, 5.41) is 10.4. The molecule has 2 aliphatic rings. The van der Waals surface area contributed by atoms with Crippen LogP contribution in [-0.2, 0) is 0 Å². The standard InChI is InChI=1S/C16H23NO2/c18-15(13-6-1-2-7-13)12-17-10-5-11-19-16-9-4-3-8-14(16)17/h3-4,8-9,13,15,18H,1-2,5-7,10-12H2. The summed E-state index contributed by atoms with van der Waals surface area (Å²) < 4.78 is 5.76. The van der Waals surface area contributed by atoms with Crippen molar-refractivity contribution in [2.75, 3.05) is 24.6 Å². The molecule has 1 unspecified atom stereocenters. The molecule has 19 heavy (non-hydrogen) atoms. The third-order valence-corrected chi connectivity index (χ3v) is 4.39. The van der Waals surface area contributed by atoms with Gasteiger partial charge in [-0.05, 0) is 37.3 Å². The Morgan fingerprint density at radius 3 is 2.84 bits per heavy atom. The zero-order valence-electron chi connectivity index (χ0n) is 11.4. The van der Waals surface area contributed by atoms with Gasteiger partial charge in [0.25, 0.3) is 0 Å². The molecule has 1 saturated carbocycles. The van der Waals surface area contributed by atoms with Gasteiger partial charge in [0.2, 0.25) is 0 Å². The molecule has 1 aliphatic carbocycles. The van der Waals surface area contributed by atoms with Crippen LogP contribution in [-0.4, -0.2) is 30.9 Å². The number of benzene rings is 1. The normalized spacial score (nSPS) is 21.6. The lowest BCUT2D eigenvalue weighted by Gasteiger charge is -2.28. The zero-order valence-corrected chi connectivity index (χ0v) is 11.4. The van der Waals surface area contributed by atoms with Crippen LogP contribution in [0.3, 0.4) is 0 Å². The van der Waals surface area contributed by atoms with Crippen LogP contribution in [0.5, 0.6) is 5.75 Å². The zero-order chi connectivity index (χ0) is 13.1. The van der Waals surface area contributed by atoms with Crippen LogP contribution in [0, 0.1) is 5.92 Å². The van der Waals surface area contributed by atoms with Gasteiger partial charge in [-0.15, -0.1) is 0 Å². The maximum absolute atomic E-state index is 10.4. The Hall–Kier alpha value is -1.22. The fraction of sp³-hybridized carbons (Fsp3) is 0.625. The van der Waals surface area contributed by atoms with E-state index in [0.717, 1.165) is 37.6 Å². The van der Waals surface area contributed by atoms with E-state index in [9.17, 15) is 5.11 Å². The quantitative estimate of drug-likeness (QED) is 0.908. The van der Waals surface area contributed by atoms with Gasteiger partial charge in [-0.25, -0.2) is 0 Å². The molecule has 1 atom stereocenters. The van der Waals surface area contributed by atoms with Gasteiger partial charge in [-0.2, -0.15) is 0 Å². The Kier molecular flexibility index (Phi) is 3.92. The summed E-state index contributed by atoms with van der Waals surface area (Å²) in [6.45, 7) is 2.48. The van der Waals surface area contributed by atoms with E-state index in [-0.39, 0.29) is 6.10 Å². The van der Waals surface area contributed by atoms with E-state index in [1.54, 1.807) is 0 Å². The van der Waals surface area contributed by atoms with Crippen molar-refractivity contribution in [1.82, 2.24) is 0 Å². The van der Waals surface area contributed by atoms with Crippen LogP contribution in [0.2, 0.25) is 0 Å². The molecule has 3 nitrogen and oxygen atoms in total. The molecule has 0 amide bonds. The van der Waals surface area contributed by atoms with Crippen LogP contribution in [0.25, 0.3) is 0 Å². The number of hydrogen-bond donors (Lipinski definition) is 1. The fourth-order valence-electron chi connectivity index (χ4n) is 3.31. The van der Waals surface area contributed by atoms with E-state index >= 15 is 0 Å². The van der Waals surface area contributed by atoms with Crippen LogP contribution < -0.4 is 9.64 Å². The number of rotatable bonds is 3. The Morgan fingerprint density at radius 2 is 2.00 bits per heavy atom. The minimum Gasteiger partial charge on any atom is -0.491 e. The van der Waals surface area contributed by atoms with Crippen molar-refractivity contribution in [2.45, 2.75) is 38.2 Å². The van der Waals surface area contributed by atoms with Crippen molar-refractivity contribution in [3.05, 3.63) is 24.3 Å². The number of hydrogen-bond acceptors (Lipinski definition) is 3. The lowest BCUT2D eigenvalue weighted by molar-refractivity contribution is 0.116. The van der Waals surface area contributed by atoms with Gasteiger partial charge in [0.15, 0.2) is 0 Å². The van der Waals surface area contributed by atoms with Crippen LogP contribution in [0.1, 0.15) is 32.1 Å². The monoisotopic (exact) mass is 261 g/mol. The van der Waals surface area contributed by atoms with Gasteiger partial charge in [-0.3, -0.25) is 0 Å². The number of para-hydroxylation sites is 2. The van der Waals surface area contributed by atoms with Crippen LogP contribution in [0.15, 0.2) is 24.3 Å². The molecule has 3 rings (SSSR count).